The van der Waals surface area contributed by atoms with Gasteiger partial charge in [-0.25, -0.2) is 4.39 Å². The Morgan fingerprint density at radius 2 is 1.87 bits per heavy atom. The lowest BCUT2D eigenvalue weighted by molar-refractivity contribution is -0.134. The van der Waals surface area contributed by atoms with E-state index in [-0.39, 0.29) is 23.2 Å². The molecule has 154 valence electrons. The molecule has 1 fully saturated rings. The first kappa shape index (κ1) is 18.9. The molecule has 1 N–H and O–H groups in total. The van der Waals surface area contributed by atoms with Gasteiger partial charge in [-0.3, -0.25) is 4.79 Å². The summed E-state index contributed by atoms with van der Waals surface area (Å²) < 4.78 is 16.1. The minimum Gasteiger partial charge on any atom is -0.372 e. The third kappa shape index (κ3) is 3.00. The zero-order chi connectivity index (χ0) is 20.7. The van der Waals surface area contributed by atoms with E-state index >= 15 is 0 Å². The van der Waals surface area contributed by atoms with E-state index in [2.05, 4.69) is 22.9 Å². The third-order valence-corrected chi connectivity index (χ3v) is 6.67. The summed E-state index contributed by atoms with van der Waals surface area (Å²) in [4.78, 5) is 15.3. The summed E-state index contributed by atoms with van der Waals surface area (Å²) in [5.41, 5.74) is 3.77. The van der Waals surface area contributed by atoms with Gasteiger partial charge in [0.2, 0.25) is 5.91 Å². The predicted molar refractivity (Wildman–Crippen MR) is 116 cm³/mol. The van der Waals surface area contributed by atoms with Crippen LogP contribution >= 0.6 is 0 Å². The molecule has 1 atom stereocenters. The van der Waals surface area contributed by atoms with Crippen molar-refractivity contribution in [1.82, 2.24) is 9.47 Å². The minimum absolute atomic E-state index is 0.0988. The van der Waals surface area contributed by atoms with E-state index < -0.39 is 0 Å². The number of nitrogens with one attached hydrogen (secondary N) is 1. The molecule has 0 saturated carbocycles. The molecule has 5 rings (SSSR count). The monoisotopic (exact) mass is 403 g/mol. The molecule has 0 radical (unpaired) electrons. The van der Waals surface area contributed by atoms with Crippen molar-refractivity contribution < 1.29 is 9.18 Å². The van der Waals surface area contributed by atoms with E-state index in [4.69, 9.17) is 0 Å². The van der Waals surface area contributed by atoms with Crippen LogP contribution in [0.2, 0.25) is 0 Å². The van der Waals surface area contributed by atoms with E-state index in [1.54, 1.807) is 6.07 Å². The lowest BCUT2D eigenvalue weighted by Gasteiger charge is -2.46. The molecule has 3 aromatic rings. The van der Waals surface area contributed by atoms with Crippen LogP contribution in [0.1, 0.15) is 43.4 Å². The number of anilines is 1. The lowest BCUT2D eigenvalue weighted by atomic mass is 9.81. The highest BCUT2D eigenvalue weighted by atomic mass is 19.1. The number of rotatable bonds is 3. The van der Waals surface area contributed by atoms with Gasteiger partial charge in [0.1, 0.15) is 5.82 Å². The average molecular weight is 404 g/mol. The first-order valence-corrected chi connectivity index (χ1v) is 10.7. The Labute approximate surface area is 176 Å². The number of hydrogen-bond acceptors (Lipinski definition) is 2. The Bertz CT molecular complexity index is 1070. The summed E-state index contributed by atoms with van der Waals surface area (Å²) in [7, 11) is 0. The van der Waals surface area contributed by atoms with Gasteiger partial charge in [-0.15, -0.1) is 0 Å². The van der Waals surface area contributed by atoms with Crippen molar-refractivity contribution in [3.05, 3.63) is 83.9 Å². The van der Waals surface area contributed by atoms with E-state index in [1.165, 1.54) is 11.8 Å². The maximum absolute atomic E-state index is 13.9. The smallest absolute Gasteiger partial charge is 0.230 e. The van der Waals surface area contributed by atoms with Gasteiger partial charge in [-0.1, -0.05) is 37.3 Å². The molecule has 5 heteroatoms. The van der Waals surface area contributed by atoms with Crippen LogP contribution in [0.4, 0.5) is 10.1 Å². The van der Waals surface area contributed by atoms with Crippen molar-refractivity contribution in [3.8, 4) is 5.69 Å². The van der Waals surface area contributed by atoms with Crippen molar-refractivity contribution in [2.45, 2.75) is 37.6 Å². The summed E-state index contributed by atoms with van der Waals surface area (Å²) >= 11 is 0. The van der Waals surface area contributed by atoms with Crippen LogP contribution < -0.4 is 5.32 Å². The van der Waals surface area contributed by atoms with E-state index in [9.17, 15) is 9.18 Å². The molecular formula is C25H26FN3O. The predicted octanol–water partition coefficient (Wildman–Crippen LogP) is 5.05. The topological polar surface area (TPSA) is 37.3 Å². The molecule has 4 nitrogen and oxygen atoms in total. The average Bonchev–Trinajstić information content (AvgIpc) is 3.27. The van der Waals surface area contributed by atoms with Crippen molar-refractivity contribution in [1.29, 1.82) is 0 Å². The highest BCUT2D eigenvalue weighted by molar-refractivity contribution is 5.84. The fourth-order valence-electron chi connectivity index (χ4n) is 5.07. The standard InChI is InChI=1S/C25H26FN3O/c1-2-20(18-7-4-3-5-8-18)24(30)28-15-12-25(13-16-28)23-9-6-14-29(23)22-11-10-19(26)17-21(22)27-25/h3-11,14,17,20,27H,2,12-13,15-16H2,1H3/t20-/m1/s1. The Morgan fingerprint density at radius 1 is 1.10 bits per heavy atom. The number of hydrogen-bond donors (Lipinski definition) is 1. The van der Waals surface area contributed by atoms with Crippen LogP contribution in [0.25, 0.3) is 5.69 Å². The van der Waals surface area contributed by atoms with Gasteiger partial charge in [0.05, 0.1) is 22.8 Å². The van der Waals surface area contributed by atoms with Crippen LogP contribution in [0.3, 0.4) is 0 Å². The maximum Gasteiger partial charge on any atom is 0.230 e. The summed E-state index contributed by atoms with van der Waals surface area (Å²) in [6, 6.07) is 19.1. The van der Waals surface area contributed by atoms with E-state index in [1.807, 2.05) is 53.6 Å². The fourth-order valence-corrected chi connectivity index (χ4v) is 5.07. The van der Waals surface area contributed by atoms with Crippen molar-refractivity contribution >= 4 is 11.6 Å². The van der Waals surface area contributed by atoms with Crippen LogP contribution in [0.5, 0.6) is 0 Å². The maximum atomic E-state index is 13.9. The Hall–Kier alpha value is -3.08. The second-order valence-electron chi connectivity index (χ2n) is 8.33. The number of amides is 1. The zero-order valence-corrected chi connectivity index (χ0v) is 17.1. The van der Waals surface area contributed by atoms with E-state index in [0.29, 0.717) is 13.1 Å². The summed E-state index contributed by atoms with van der Waals surface area (Å²) in [6.45, 7) is 3.44. The van der Waals surface area contributed by atoms with Gasteiger partial charge < -0.3 is 14.8 Å². The quantitative estimate of drug-likeness (QED) is 0.664. The van der Waals surface area contributed by atoms with Gasteiger partial charge in [-0.2, -0.15) is 0 Å². The minimum atomic E-state index is -0.282. The summed E-state index contributed by atoms with van der Waals surface area (Å²) in [6.07, 6.45) is 4.42. The van der Waals surface area contributed by atoms with Gasteiger partial charge in [0.15, 0.2) is 0 Å². The van der Waals surface area contributed by atoms with Crippen molar-refractivity contribution in [2.75, 3.05) is 18.4 Å². The molecule has 0 aliphatic carbocycles. The van der Waals surface area contributed by atoms with Crippen molar-refractivity contribution in [2.24, 2.45) is 0 Å². The number of piperidine rings is 1. The molecule has 1 aromatic heterocycles. The number of carbonyl (C=O) groups excluding carboxylic acids is 1. The van der Waals surface area contributed by atoms with Crippen molar-refractivity contribution in [3.63, 3.8) is 0 Å². The van der Waals surface area contributed by atoms with Crippen LogP contribution in [0, 0.1) is 5.82 Å². The van der Waals surface area contributed by atoms with Crippen LogP contribution in [0.15, 0.2) is 66.9 Å². The van der Waals surface area contributed by atoms with Crippen LogP contribution in [-0.4, -0.2) is 28.5 Å². The number of benzene rings is 2. The Kier molecular flexibility index (Phi) is 4.61. The SMILES string of the molecule is CC[C@@H](C(=O)N1CCC2(CC1)Nc1cc(F)ccc1-n1cccc12)c1ccccc1. The zero-order valence-electron chi connectivity index (χ0n) is 17.1. The molecule has 0 bridgehead atoms. The lowest BCUT2D eigenvalue weighted by Crippen LogP contribution is -2.51. The molecule has 1 spiro atoms. The second kappa shape index (κ2) is 7.31. The first-order chi connectivity index (χ1) is 14.6. The summed E-state index contributed by atoms with van der Waals surface area (Å²) in [5, 5.41) is 3.63. The molecule has 1 saturated heterocycles. The number of aromatic nitrogens is 1. The third-order valence-electron chi connectivity index (χ3n) is 6.67. The van der Waals surface area contributed by atoms with Gasteiger partial charge >= 0.3 is 0 Å². The number of carbonyl (C=O) groups is 1. The molecule has 0 unspecified atom stereocenters. The van der Waals surface area contributed by atoms with Gasteiger partial charge in [0, 0.05) is 25.0 Å². The number of nitrogens with zero attached hydrogens (tertiary/aromatic N) is 2. The molecule has 30 heavy (non-hydrogen) atoms. The highest BCUT2D eigenvalue weighted by Gasteiger charge is 2.43. The van der Waals surface area contributed by atoms with E-state index in [0.717, 1.165) is 36.2 Å². The fraction of sp³-hybridized carbons (Fsp3) is 0.320. The molecule has 2 aliphatic heterocycles. The largest absolute Gasteiger partial charge is 0.372 e. The van der Waals surface area contributed by atoms with Crippen LogP contribution in [-0.2, 0) is 10.3 Å². The molecular weight excluding hydrogens is 377 g/mol. The highest BCUT2D eigenvalue weighted by Crippen LogP contribution is 2.44. The molecule has 1 amide bonds. The Morgan fingerprint density at radius 3 is 2.60 bits per heavy atom. The Balaban J connectivity index is 1.39. The second-order valence-corrected chi connectivity index (χ2v) is 8.33. The summed E-state index contributed by atoms with van der Waals surface area (Å²) in [5.74, 6) is -0.136. The number of fused-ring (bicyclic) bond motifs is 4. The first-order valence-electron chi connectivity index (χ1n) is 10.7. The molecule has 2 aromatic carbocycles. The van der Waals surface area contributed by atoms with Gasteiger partial charge in [0.25, 0.3) is 0 Å². The van der Waals surface area contributed by atoms with Gasteiger partial charge in [-0.05, 0) is 55.2 Å². The number of halogens is 1. The molecule has 2 aliphatic rings. The number of likely N-dealkylation sites (tertiary alicyclic amines) is 1. The normalized spacial score (nSPS) is 17.7. The molecule has 3 heterocycles.